The molecule has 0 bridgehead atoms. The summed E-state index contributed by atoms with van der Waals surface area (Å²) >= 11 is 5.73. The summed E-state index contributed by atoms with van der Waals surface area (Å²) in [4.78, 5) is 21.6. The van der Waals surface area contributed by atoms with Crippen LogP contribution in [0.5, 0.6) is 0 Å². The van der Waals surface area contributed by atoms with Crippen LogP contribution >= 0.6 is 11.6 Å². The fourth-order valence-electron chi connectivity index (χ4n) is 2.00. The Morgan fingerprint density at radius 3 is 2.63 bits per heavy atom. The summed E-state index contributed by atoms with van der Waals surface area (Å²) in [6.45, 7) is 8.76. The average molecular weight is 284 g/mol. The number of ether oxygens (including phenoxy) is 1. The van der Waals surface area contributed by atoms with Crippen molar-refractivity contribution in [2.45, 2.75) is 39.2 Å². The van der Waals surface area contributed by atoms with Gasteiger partial charge in [-0.15, -0.1) is 0 Å². The van der Waals surface area contributed by atoms with Gasteiger partial charge in [0.15, 0.2) is 0 Å². The molecule has 5 nitrogen and oxygen atoms in total. The molecule has 1 fully saturated rings. The van der Waals surface area contributed by atoms with E-state index in [1.54, 1.807) is 11.1 Å². The van der Waals surface area contributed by atoms with Gasteiger partial charge in [-0.3, -0.25) is 0 Å². The van der Waals surface area contributed by atoms with Crippen LogP contribution in [-0.4, -0.2) is 39.7 Å². The number of carbonyl (C=O) groups is 1. The lowest BCUT2D eigenvalue weighted by atomic mass is 9.92. The highest BCUT2D eigenvalue weighted by Crippen LogP contribution is 2.29. The van der Waals surface area contributed by atoms with Crippen LogP contribution in [-0.2, 0) is 4.74 Å². The third-order valence-electron chi connectivity index (χ3n) is 2.96. The molecule has 0 radical (unpaired) electrons. The van der Waals surface area contributed by atoms with Crippen molar-refractivity contribution in [2.24, 2.45) is 0 Å². The Morgan fingerprint density at radius 2 is 2.11 bits per heavy atom. The molecule has 1 aromatic rings. The molecule has 2 rings (SSSR count). The molecule has 0 unspecified atom stereocenters. The van der Waals surface area contributed by atoms with Crippen LogP contribution in [0, 0.1) is 6.92 Å². The average Bonchev–Trinajstić information content (AvgIpc) is 2.16. The van der Waals surface area contributed by atoms with Crippen molar-refractivity contribution in [2.75, 3.05) is 13.1 Å². The van der Waals surface area contributed by atoms with Crippen molar-refractivity contribution < 1.29 is 9.53 Å². The lowest BCUT2D eigenvalue weighted by Crippen LogP contribution is -2.50. The van der Waals surface area contributed by atoms with E-state index in [1.807, 2.05) is 27.7 Å². The first-order valence-electron chi connectivity index (χ1n) is 6.23. The Balaban J connectivity index is 1.94. The Bertz CT molecular complexity index is 493. The standard InChI is InChI=1S/C13H18ClN3O2/c1-8-10(5-15-11(14)16-8)9-6-17(7-9)12(18)19-13(2,3)4/h5,9H,6-7H2,1-4H3. The van der Waals surface area contributed by atoms with E-state index in [4.69, 9.17) is 16.3 Å². The van der Waals surface area contributed by atoms with Crippen LogP contribution in [0.3, 0.4) is 0 Å². The second-order valence-corrected chi connectivity index (χ2v) is 6.10. The maximum absolute atomic E-state index is 11.8. The summed E-state index contributed by atoms with van der Waals surface area (Å²) in [7, 11) is 0. The number of halogens is 1. The van der Waals surface area contributed by atoms with Crippen molar-refractivity contribution in [3.8, 4) is 0 Å². The van der Waals surface area contributed by atoms with E-state index in [0.29, 0.717) is 13.1 Å². The number of carbonyl (C=O) groups excluding carboxylic acids is 1. The zero-order valence-electron chi connectivity index (χ0n) is 11.6. The molecular weight excluding hydrogens is 266 g/mol. The third kappa shape index (κ3) is 3.35. The smallest absolute Gasteiger partial charge is 0.410 e. The van der Waals surface area contributed by atoms with E-state index in [2.05, 4.69) is 9.97 Å². The molecule has 6 heteroatoms. The summed E-state index contributed by atoms with van der Waals surface area (Å²) in [5, 5.41) is 0.254. The molecule has 1 saturated heterocycles. The Kier molecular flexibility index (Phi) is 3.67. The van der Waals surface area contributed by atoms with E-state index < -0.39 is 5.60 Å². The van der Waals surface area contributed by atoms with Gasteiger partial charge in [0.05, 0.1) is 0 Å². The molecule has 2 heterocycles. The monoisotopic (exact) mass is 283 g/mol. The van der Waals surface area contributed by atoms with Gasteiger partial charge < -0.3 is 9.64 Å². The molecule has 1 aliphatic rings. The molecular formula is C13H18ClN3O2. The van der Waals surface area contributed by atoms with Gasteiger partial charge in [0, 0.05) is 30.9 Å². The van der Waals surface area contributed by atoms with Gasteiger partial charge in [-0.1, -0.05) is 0 Å². The largest absolute Gasteiger partial charge is 0.444 e. The van der Waals surface area contributed by atoms with Gasteiger partial charge in [-0.2, -0.15) is 0 Å². The molecule has 1 aromatic heterocycles. The second-order valence-electron chi connectivity index (χ2n) is 5.76. The first-order valence-corrected chi connectivity index (χ1v) is 6.61. The van der Waals surface area contributed by atoms with Gasteiger partial charge in [0.1, 0.15) is 5.60 Å². The van der Waals surface area contributed by atoms with Crippen molar-refractivity contribution in [1.82, 2.24) is 14.9 Å². The van der Waals surface area contributed by atoms with Gasteiger partial charge in [0.2, 0.25) is 5.28 Å². The zero-order valence-corrected chi connectivity index (χ0v) is 12.4. The molecule has 1 amide bonds. The number of nitrogens with zero attached hydrogens (tertiary/aromatic N) is 3. The predicted octanol–water partition coefficient (Wildman–Crippen LogP) is 2.77. The zero-order chi connectivity index (χ0) is 14.2. The molecule has 0 N–H and O–H groups in total. The Morgan fingerprint density at radius 1 is 1.47 bits per heavy atom. The van der Waals surface area contributed by atoms with Crippen LogP contribution in [0.1, 0.15) is 37.9 Å². The lowest BCUT2D eigenvalue weighted by Gasteiger charge is -2.40. The topological polar surface area (TPSA) is 55.3 Å². The maximum atomic E-state index is 11.8. The number of likely N-dealkylation sites (tertiary alicyclic amines) is 1. The fraction of sp³-hybridized carbons (Fsp3) is 0.615. The molecule has 1 aliphatic heterocycles. The summed E-state index contributed by atoms with van der Waals surface area (Å²) < 4.78 is 5.31. The first kappa shape index (κ1) is 14.1. The van der Waals surface area contributed by atoms with Gasteiger partial charge >= 0.3 is 6.09 Å². The lowest BCUT2D eigenvalue weighted by molar-refractivity contribution is 0.00807. The minimum absolute atomic E-state index is 0.254. The number of hydrogen-bond acceptors (Lipinski definition) is 4. The van der Waals surface area contributed by atoms with Gasteiger partial charge in [0.25, 0.3) is 0 Å². The molecule has 0 aliphatic carbocycles. The molecule has 104 valence electrons. The van der Waals surface area contributed by atoms with Crippen molar-refractivity contribution in [3.05, 3.63) is 22.7 Å². The number of hydrogen-bond donors (Lipinski definition) is 0. The molecule has 0 saturated carbocycles. The quantitative estimate of drug-likeness (QED) is 0.744. The highest BCUT2D eigenvalue weighted by molar-refractivity contribution is 6.28. The highest BCUT2D eigenvalue weighted by Gasteiger charge is 2.35. The molecule has 0 spiro atoms. The number of amides is 1. The SMILES string of the molecule is Cc1nc(Cl)ncc1C1CN(C(=O)OC(C)(C)C)C1. The van der Waals surface area contributed by atoms with Crippen LogP contribution in [0.4, 0.5) is 4.79 Å². The first-order chi connectivity index (χ1) is 8.76. The normalized spacial score (nSPS) is 16.2. The minimum atomic E-state index is -0.457. The predicted molar refractivity (Wildman–Crippen MR) is 72.3 cm³/mol. The number of aromatic nitrogens is 2. The maximum Gasteiger partial charge on any atom is 0.410 e. The van der Waals surface area contributed by atoms with Crippen LogP contribution in [0.25, 0.3) is 0 Å². The van der Waals surface area contributed by atoms with Crippen molar-refractivity contribution >= 4 is 17.7 Å². The van der Waals surface area contributed by atoms with E-state index in [0.717, 1.165) is 11.3 Å². The van der Waals surface area contributed by atoms with E-state index in [1.165, 1.54) is 0 Å². The summed E-state index contributed by atoms with van der Waals surface area (Å²) in [6.07, 6.45) is 1.47. The highest BCUT2D eigenvalue weighted by atomic mass is 35.5. The fourth-order valence-corrected chi connectivity index (χ4v) is 2.18. The van der Waals surface area contributed by atoms with Gasteiger partial charge in [-0.05, 0) is 44.9 Å². The van der Waals surface area contributed by atoms with Crippen LogP contribution < -0.4 is 0 Å². The van der Waals surface area contributed by atoms with Crippen LogP contribution in [0.2, 0.25) is 5.28 Å². The Hall–Kier alpha value is -1.36. The van der Waals surface area contributed by atoms with E-state index in [-0.39, 0.29) is 17.3 Å². The number of rotatable bonds is 1. The molecule has 0 atom stereocenters. The number of aryl methyl sites for hydroxylation is 1. The minimum Gasteiger partial charge on any atom is -0.444 e. The molecule has 19 heavy (non-hydrogen) atoms. The third-order valence-corrected chi connectivity index (χ3v) is 3.14. The van der Waals surface area contributed by atoms with Crippen LogP contribution in [0.15, 0.2) is 6.20 Å². The van der Waals surface area contributed by atoms with Gasteiger partial charge in [-0.25, -0.2) is 14.8 Å². The van der Waals surface area contributed by atoms with E-state index in [9.17, 15) is 4.79 Å². The second kappa shape index (κ2) is 4.96. The van der Waals surface area contributed by atoms with E-state index >= 15 is 0 Å². The molecule has 0 aromatic carbocycles. The Labute approximate surface area is 117 Å². The van der Waals surface area contributed by atoms with Crippen molar-refractivity contribution in [1.29, 1.82) is 0 Å². The summed E-state index contributed by atoms with van der Waals surface area (Å²) in [6, 6.07) is 0. The summed E-state index contributed by atoms with van der Waals surface area (Å²) in [5.74, 6) is 0.268. The van der Waals surface area contributed by atoms with Crippen molar-refractivity contribution in [3.63, 3.8) is 0 Å². The summed E-state index contributed by atoms with van der Waals surface area (Å²) in [5.41, 5.74) is 1.46.